The Morgan fingerprint density at radius 1 is 1.44 bits per heavy atom. The number of halogens is 3. The van der Waals surface area contributed by atoms with E-state index in [0.717, 1.165) is 0 Å². The second kappa shape index (κ2) is 7.44. The summed E-state index contributed by atoms with van der Waals surface area (Å²) in [5, 5.41) is 5.54. The number of benzene rings is 1. The van der Waals surface area contributed by atoms with E-state index in [4.69, 9.17) is 11.6 Å². The van der Waals surface area contributed by atoms with Crippen molar-refractivity contribution in [3.05, 3.63) is 34.6 Å². The summed E-state index contributed by atoms with van der Waals surface area (Å²) in [4.78, 5) is 11.5. The van der Waals surface area contributed by atoms with Gasteiger partial charge in [-0.15, -0.1) is 12.4 Å². The number of nitrogens with one attached hydrogen (secondary N) is 2. The molecule has 0 heterocycles. The van der Waals surface area contributed by atoms with E-state index in [0.29, 0.717) is 13.1 Å². The predicted molar refractivity (Wildman–Crippen MR) is 64.9 cm³/mol. The molecule has 1 aromatic carbocycles. The molecule has 0 aliphatic heterocycles. The molecule has 0 saturated carbocycles. The molecule has 1 aromatic rings. The lowest BCUT2D eigenvalue weighted by atomic mass is 10.2. The van der Waals surface area contributed by atoms with Crippen molar-refractivity contribution in [2.24, 2.45) is 0 Å². The Morgan fingerprint density at radius 2 is 2.12 bits per heavy atom. The molecule has 0 fully saturated rings. The standard InChI is InChI=1S/C10H12ClFN2O.ClH/c1-13-5-6-14-10(15)9-7(11)3-2-4-8(9)12;/h2-4,13H,5-6H2,1H3,(H,14,15);1H. The zero-order valence-corrected chi connectivity index (χ0v) is 10.3. The maximum Gasteiger partial charge on any atom is 0.255 e. The van der Waals surface area contributed by atoms with Crippen molar-refractivity contribution in [2.75, 3.05) is 20.1 Å². The highest BCUT2D eigenvalue weighted by atomic mass is 35.5. The van der Waals surface area contributed by atoms with Crippen molar-refractivity contribution >= 4 is 29.9 Å². The number of likely N-dealkylation sites (N-methyl/N-ethyl adjacent to an activating group) is 1. The van der Waals surface area contributed by atoms with Crippen LogP contribution >= 0.6 is 24.0 Å². The van der Waals surface area contributed by atoms with Crippen molar-refractivity contribution in [3.63, 3.8) is 0 Å². The number of hydrogen-bond acceptors (Lipinski definition) is 2. The number of hydrogen-bond donors (Lipinski definition) is 2. The minimum absolute atomic E-state index is 0. The first kappa shape index (κ1) is 15.2. The molecule has 0 bridgehead atoms. The van der Waals surface area contributed by atoms with Crippen LogP contribution in [-0.4, -0.2) is 26.0 Å². The fourth-order valence-corrected chi connectivity index (χ4v) is 1.35. The summed E-state index contributed by atoms with van der Waals surface area (Å²) in [5.41, 5.74) is -0.102. The van der Waals surface area contributed by atoms with Crippen LogP contribution < -0.4 is 10.6 Å². The molecular formula is C10H13Cl2FN2O. The zero-order chi connectivity index (χ0) is 11.3. The van der Waals surface area contributed by atoms with Gasteiger partial charge < -0.3 is 10.6 Å². The SMILES string of the molecule is CNCCNC(=O)c1c(F)cccc1Cl.Cl. The van der Waals surface area contributed by atoms with Crippen LogP contribution in [0.3, 0.4) is 0 Å². The van der Waals surface area contributed by atoms with E-state index in [9.17, 15) is 9.18 Å². The highest BCUT2D eigenvalue weighted by Gasteiger charge is 2.14. The summed E-state index contributed by atoms with van der Waals surface area (Å²) in [6.07, 6.45) is 0. The Balaban J connectivity index is 0.00000225. The van der Waals surface area contributed by atoms with E-state index in [-0.39, 0.29) is 23.0 Å². The minimum Gasteiger partial charge on any atom is -0.351 e. The van der Waals surface area contributed by atoms with E-state index in [1.807, 2.05) is 0 Å². The van der Waals surface area contributed by atoms with Crippen LogP contribution in [0.5, 0.6) is 0 Å². The highest BCUT2D eigenvalue weighted by molar-refractivity contribution is 6.33. The fourth-order valence-electron chi connectivity index (χ4n) is 1.10. The summed E-state index contributed by atoms with van der Waals surface area (Å²) in [6.45, 7) is 1.05. The molecule has 0 aliphatic carbocycles. The second-order valence-corrected chi connectivity index (χ2v) is 3.36. The average molecular weight is 267 g/mol. The minimum atomic E-state index is -0.607. The molecule has 0 aliphatic rings. The zero-order valence-electron chi connectivity index (χ0n) is 8.72. The number of rotatable bonds is 4. The van der Waals surface area contributed by atoms with Crippen molar-refractivity contribution in [1.29, 1.82) is 0 Å². The topological polar surface area (TPSA) is 41.1 Å². The highest BCUT2D eigenvalue weighted by Crippen LogP contribution is 2.18. The third-order valence-corrected chi connectivity index (χ3v) is 2.17. The molecule has 3 nitrogen and oxygen atoms in total. The lowest BCUT2D eigenvalue weighted by molar-refractivity contribution is 0.0950. The van der Waals surface area contributed by atoms with Crippen LogP contribution in [0.4, 0.5) is 4.39 Å². The first-order valence-corrected chi connectivity index (χ1v) is 4.91. The van der Waals surface area contributed by atoms with Crippen LogP contribution in [-0.2, 0) is 0 Å². The normalized spacial score (nSPS) is 9.44. The van der Waals surface area contributed by atoms with E-state index in [1.54, 1.807) is 7.05 Å². The van der Waals surface area contributed by atoms with Crippen LogP contribution in [0.1, 0.15) is 10.4 Å². The number of carbonyl (C=O) groups excluding carboxylic acids is 1. The molecule has 0 spiro atoms. The summed E-state index contributed by atoms with van der Waals surface area (Å²) < 4.78 is 13.2. The molecule has 1 rings (SSSR count). The molecule has 0 saturated heterocycles. The fraction of sp³-hybridized carbons (Fsp3) is 0.300. The quantitative estimate of drug-likeness (QED) is 0.817. The van der Waals surface area contributed by atoms with Gasteiger partial charge in [0.1, 0.15) is 5.82 Å². The van der Waals surface area contributed by atoms with E-state index < -0.39 is 11.7 Å². The van der Waals surface area contributed by atoms with Gasteiger partial charge >= 0.3 is 0 Å². The number of amides is 1. The van der Waals surface area contributed by atoms with Crippen LogP contribution in [0, 0.1) is 5.82 Å². The second-order valence-electron chi connectivity index (χ2n) is 2.96. The summed E-state index contributed by atoms with van der Waals surface area (Å²) in [6, 6.07) is 4.15. The van der Waals surface area contributed by atoms with Gasteiger partial charge in [0.25, 0.3) is 5.91 Å². The van der Waals surface area contributed by atoms with E-state index >= 15 is 0 Å². The van der Waals surface area contributed by atoms with Crippen LogP contribution in [0.25, 0.3) is 0 Å². The molecule has 1 amide bonds. The summed E-state index contributed by atoms with van der Waals surface area (Å²) >= 11 is 5.72. The number of carbonyl (C=O) groups is 1. The van der Waals surface area contributed by atoms with Gasteiger partial charge in [-0.3, -0.25) is 4.79 Å². The predicted octanol–water partition coefficient (Wildman–Crippen LogP) is 1.85. The van der Waals surface area contributed by atoms with Gasteiger partial charge in [-0.1, -0.05) is 17.7 Å². The molecule has 90 valence electrons. The van der Waals surface area contributed by atoms with Crippen LogP contribution in [0.2, 0.25) is 5.02 Å². The van der Waals surface area contributed by atoms with Gasteiger partial charge in [-0.2, -0.15) is 0 Å². The molecule has 0 aromatic heterocycles. The van der Waals surface area contributed by atoms with Crippen molar-refractivity contribution in [2.45, 2.75) is 0 Å². The summed E-state index contributed by atoms with van der Waals surface area (Å²) in [5.74, 6) is -1.10. The van der Waals surface area contributed by atoms with Crippen molar-refractivity contribution in [3.8, 4) is 0 Å². The van der Waals surface area contributed by atoms with E-state index in [1.165, 1.54) is 18.2 Å². The first-order chi connectivity index (χ1) is 7.16. The van der Waals surface area contributed by atoms with Gasteiger partial charge in [0.05, 0.1) is 10.6 Å². The molecule has 0 atom stereocenters. The van der Waals surface area contributed by atoms with Gasteiger partial charge in [0.15, 0.2) is 0 Å². The molecule has 2 N–H and O–H groups in total. The maximum atomic E-state index is 13.2. The van der Waals surface area contributed by atoms with Crippen molar-refractivity contribution < 1.29 is 9.18 Å². The Hall–Kier alpha value is -0.840. The Bertz CT molecular complexity index is 340. The molecule has 16 heavy (non-hydrogen) atoms. The molecule has 0 unspecified atom stereocenters. The molecule has 6 heteroatoms. The van der Waals surface area contributed by atoms with Gasteiger partial charge in [0.2, 0.25) is 0 Å². The van der Waals surface area contributed by atoms with Crippen LogP contribution in [0.15, 0.2) is 18.2 Å². The smallest absolute Gasteiger partial charge is 0.255 e. The Labute approximate surface area is 105 Å². The monoisotopic (exact) mass is 266 g/mol. The Morgan fingerprint density at radius 3 is 2.69 bits per heavy atom. The molecule has 0 radical (unpaired) electrons. The lowest BCUT2D eigenvalue weighted by Gasteiger charge is -2.06. The third kappa shape index (κ3) is 3.96. The summed E-state index contributed by atoms with van der Waals surface area (Å²) in [7, 11) is 1.77. The lowest BCUT2D eigenvalue weighted by Crippen LogP contribution is -2.31. The Kier molecular flexibility index (Phi) is 7.05. The van der Waals surface area contributed by atoms with Gasteiger partial charge in [-0.25, -0.2) is 4.39 Å². The van der Waals surface area contributed by atoms with Crippen molar-refractivity contribution in [1.82, 2.24) is 10.6 Å². The van der Waals surface area contributed by atoms with Gasteiger partial charge in [0, 0.05) is 13.1 Å². The maximum absolute atomic E-state index is 13.2. The first-order valence-electron chi connectivity index (χ1n) is 4.53. The van der Waals surface area contributed by atoms with E-state index in [2.05, 4.69) is 10.6 Å². The van der Waals surface area contributed by atoms with Gasteiger partial charge in [-0.05, 0) is 19.2 Å². The third-order valence-electron chi connectivity index (χ3n) is 1.85. The molecular weight excluding hydrogens is 254 g/mol. The average Bonchev–Trinajstić information content (AvgIpc) is 2.18. The largest absolute Gasteiger partial charge is 0.351 e.